The molecule has 0 fully saturated rings. The van der Waals surface area contributed by atoms with Gasteiger partial charge < -0.3 is 14.2 Å². The van der Waals surface area contributed by atoms with E-state index < -0.39 is 6.10 Å². The highest BCUT2D eigenvalue weighted by atomic mass is 16.6. The van der Waals surface area contributed by atoms with Gasteiger partial charge in [-0.3, -0.25) is 14.4 Å². The van der Waals surface area contributed by atoms with Gasteiger partial charge in [0.1, 0.15) is 13.2 Å². The normalized spacial score (nSPS) is 12.9. The molecule has 0 aromatic carbocycles. The summed E-state index contributed by atoms with van der Waals surface area (Å²) in [7, 11) is 0. The first-order valence-corrected chi connectivity index (χ1v) is 28.4. The standard InChI is InChI=1S/C63H104O6/c1-4-7-10-13-16-19-22-25-27-29-30-31-32-34-35-38-41-44-47-50-53-56-62(65)68-59-60(58-67-61(64)55-52-49-46-43-40-37-24-21-18-15-12-9-6-3)69-63(66)57-54-51-48-45-42-39-36-33-28-26-23-20-17-14-11-8-5-2/h7-8,10-11,16-17,19-21,24-28,30-31,36,39,60H,4-6,9,12-15,18,22-23,29,32-35,37-38,40-59H2,1-3H3/b10-7-,11-8-,19-16-,20-17-,24-21-,27-25-,28-26-,31-30-,39-36-. The Morgan fingerprint density at radius 3 is 0.899 bits per heavy atom. The average molecular weight is 958 g/mol. The van der Waals surface area contributed by atoms with Crippen molar-refractivity contribution >= 4 is 17.9 Å². The minimum atomic E-state index is -0.800. The van der Waals surface area contributed by atoms with E-state index in [2.05, 4.69) is 130 Å². The quantitative estimate of drug-likeness (QED) is 0.0262. The van der Waals surface area contributed by atoms with Gasteiger partial charge in [-0.1, -0.05) is 220 Å². The molecule has 0 aliphatic carbocycles. The zero-order valence-corrected chi connectivity index (χ0v) is 44.8. The Morgan fingerprint density at radius 2 is 0.565 bits per heavy atom. The molecule has 6 nitrogen and oxygen atoms in total. The third-order valence-corrected chi connectivity index (χ3v) is 11.7. The number of allylic oxidation sites excluding steroid dienone is 18. The highest BCUT2D eigenvalue weighted by Crippen LogP contribution is 2.14. The summed E-state index contributed by atoms with van der Waals surface area (Å²) < 4.78 is 16.8. The maximum Gasteiger partial charge on any atom is 0.306 e. The van der Waals surface area contributed by atoms with Crippen LogP contribution in [0.25, 0.3) is 0 Å². The molecule has 1 atom stereocenters. The van der Waals surface area contributed by atoms with Crippen LogP contribution in [0.3, 0.4) is 0 Å². The van der Waals surface area contributed by atoms with Crippen LogP contribution in [0.15, 0.2) is 109 Å². The molecule has 1 unspecified atom stereocenters. The molecule has 0 aromatic rings. The summed E-state index contributed by atoms with van der Waals surface area (Å²) >= 11 is 0. The topological polar surface area (TPSA) is 78.9 Å². The highest BCUT2D eigenvalue weighted by molar-refractivity contribution is 5.71. The van der Waals surface area contributed by atoms with E-state index >= 15 is 0 Å². The summed E-state index contributed by atoms with van der Waals surface area (Å²) in [5.74, 6) is -0.937. The number of rotatable bonds is 50. The molecule has 0 heterocycles. The number of hydrogen-bond acceptors (Lipinski definition) is 6. The van der Waals surface area contributed by atoms with Crippen LogP contribution >= 0.6 is 0 Å². The Morgan fingerprint density at radius 1 is 0.304 bits per heavy atom. The van der Waals surface area contributed by atoms with Crippen LogP contribution in [0.5, 0.6) is 0 Å². The molecule has 0 saturated carbocycles. The number of carbonyl (C=O) groups is 3. The first-order chi connectivity index (χ1) is 34.0. The summed E-state index contributed by atoms with van der Waals surface area (Å²) in [6.07, 6.45) is 76.4. The third-order valence-electron chi connectivity index (χ3n) is 11.7. The molecule has 0 aliphatic heterocycles. The molecule has 6 heteroatoms. The molecule has 0 aromatic heterocycles. The predicted molar refractivity (Wildman–Crippen MR) is 297 cm³/mol. The zero-order valence-electron chi connectivity index (χ0n) is 44.8. The number of hydrogen-bond donors (Lipinski definition) is 0. The molecule has 0 amide bonds. The lowest BCUT2D eigenvalue weighted by atomic mass is 10.1. The van der Waals surface area contributed by atoms with Crippen molar-refractivity contribution in [1.82, 2.24) is 0 Å². The summed E-state index contributed by atoms with van der Waals surface area (Å²) in [5.41, 5.74) is 0. The second-order valence-corrected chi connectivity index (χ2v) is 18.4. The van der Waals surface area contributed by atoms with Gasteiger partial charge in [0, 0.05) is 19.3 Å². The van der Waals surface area contributed by atoms with Gasteiger partial charge in [0.25, 0.3) is 0 Å². The van der Waals surface area contributed by atoms with Crippen molar-refractivity contribution in [3.8, 4) is 0 Å². The predicted octanol–water partition coefficient (Wildman–Crippen LogP) is 19.1. The van der Waals surface area contributed by atoms with Gasteiger partial charge in [-0.05, 0) is 122 Å². The maximum atomic E-state index is 12.8. The largest absolute Gasteiger partial charge is 0.462 e. The van der Waals surface area contributed by atoms with Gasteiger partial charge in [0.15, 0.2) is 6.10 Å². The molecule has 392 valence electrons. The number of ether oxygens (including phenoxy) is 3. The van der Waals surface area contributed by atoms with Crippen molar-refractivity contribution < 1.29 is 28.6 Å². The van der Waals surface area contributed by atoms with Crippen molar-refractivity contribution in [3.63, 3.8) is 0 Å². The minimum Gasteiger partial charge on any atom is -0.462 e. The smallest absolute Gasteiger partial charge is 0.306 e. The van der Waals surface area contributed by atoms with E-state index in [0.29, 0.717) is 19.3 Å². The van der Waals surface area contributed by atoms with Gasteiger partial charge in [0.2, 0.25) is 0 Å². The fourth-order valence-corrected chi connectivity index (χ4v) is 7.54. The molecule has 0 bridgehead atoms. The maximum absolute atomic E-state index is 12.8. The summed E-state index contributed by atoms with van der Waals surface area (Å²) in [6.45, 7) is 6.36. The van der Waals surface area contributed by atoms with E-state index in [9.17, 15) is 14.4 Å². The Labute approximate surface area is 425 Å². The zero-order chi connectivity index (χ0) is 50.0. The van der Waals surface area contributed by atoms with Gasteiger partial charge >= 0.3 is 17.9 Å². The van der Waals surface area contributed by atoms with Crippen LogP contribution in [0.2, 0.25) is 0 Å². The van der Waals surface area contributed by atoms with E-state index in [1.54, 1.807) is 0 Å². The van der Waals surface area contributed by atoms with E-state index in [1.165, 1.54) is 70.6 Å². The van der Waals surface area contributed by atoms with Crippen molar-refractivity contribution in [1.29, 1.82) is 0 Å². The van der Waals surface area contributed by atoms with E-state index in [1.807, 2.05) is 0 Å². The average Bonchev–Trinajstić information content (AvgIpc) is 3.35. The van der Waals surface area contributed by atoms with Gasteiger partial charge in [-0.15, -0.1) is 0 Å². The monoisotopic (exact) mass is 957 g/mol. The molecule has 0 spiro atoms. The Hall–Kier alpha value is -3.93. The molecule has 0 aliphatic rings. The molecule has 69 heavy (non-hydrogen) atoms. The summed E-state index contributed by atoms with van der Waals surface area (Å²) in [6, 6.07) is 0. The number of unbranched alkanes of at least 4 members (excludes halogenated alkanes) is 21. The van der Waals surface area contributed by atoms with Crippen LogP contribution in [-0.2, 0) is 28.6 Å². The second-order valence-electron chi connectivity index (χ2n) is 18.4. The van der Waals surface area contributed by atoms with Gasteiger partial charge in [-0.2, -0.15) is 0 Å². The Kier molecular flexibility index (Phi) is 53.4. The van der Waals surface area contributed by atoms with Crippen LogP contribution in [-0.4, -0.2) is 37.2 Å². The molecular weight excluding hydrogens is 853 g/mol. The van der Waals surface area contributed by atoms with E-state index in [-0.39, 0.29) is 31.1 Å². The van der Waals surface area contributed by atoms with Crippen molar-refractivity contribution in [3.05, 3.63) is 109 Å². The van der Waals surface area contributed by atoms with Crippen LogP contribution < -0.4 is 0 Å². The molecule has 0 saturated heterocycles. The first-order valence-electron chi connectivity index (χ1n) is 28.4. The SMILES string of the molecule is CC/C=C\C/C=C\C/C=C\C/C=C\CCCCCCCCCCC(=O)OCC(COC(=O)CCCCCCC/C=C\CCCCCC)OC(=O)CCCCCC/C=C\C/C=C\C/C=C\C/C=C\CC. The number of esters is 3. The van der Waals surface area contributed by atoms with Crippen LogP contribution in [0.1, 0.15) is 252 Å². The van der Waals surface area contributed by atoms with Crippen LogP contribution in [0, 0.1) is 0 Å². The fraction of sp³-hybridized carbons (Fsp3) is 0.667. The number of carbonyl (C=O) groups excluding carboxylic acids is 3. The lowest BCUT2D eigenvalue weighted by molar-refractivity contribution is -0.167. The first kappa shape index (κ1) is 65.1. The van der Waals surface area contributed by atoms with Crippen LogP contribution in [0.4, 0.5) is 0 Å². The summed E-state index contributed by atoms with van der Waals surface area (Å²) in [5, 5.41) is 0. The Bertz CT molecular complexity index is 1420. The van der Waals surface area contributed by atoms with Crippen molar-refractivity contribution in [2.24, 2.45) is 0 Å². The van der Waals surface area contributed by atoms with E-state index in [4.69, 9.17) is 14.2 Å². The van der Waals surface area contributed by atoms with Crippen molar-refractivity contribution in [2.45, 2.75) is 258 Å². The lowest BCUT2D eigenvalue weighted by Crippen LogP contribution is -2.30. The molecule has 0 radical (unpaired) electrons. The van der Waals surface area contributed by atoms with E-state index in [0.717, 1.165) is 141 Å². The Balaban J connectivity index is 4.43. The third kappa shape index (κ3) is 54.9. The highest BCUT2D eigenvalue weighted by Gasteiger charge is 2.19. The molecule has 0 N–H and O–H groups in total. The van der Waals surface area contributed by atoms with Gasteiger partial charge in [-0.25, -0.2) is 0 Å². The minimum absolute atomic E-state index is 0.0963. The van der Waals surface area contributed by atoms with Crippen molar-refractivity contribution in [2.75, 3.05) is 13.2 Å². The summed E-state index contributed by atoms with van der Waals surface area (Å²) in [4.78, 5) is 38.1. The molecule has 0 rings (SSSR count). The van der Waals surface area contributed by atoms with Gasteiger partial charge in [0.05, 0.1) is 0 Å². The second kappa shape index (κ2) is 56.7. The fourth-order valence-electron chi connectivity index (χ4n) is 7.54. The molecular formula is C63H104O6. The lowest BCUT2D eigenvalue weighted by Gasteiger charge is -2.18.